The zero-order valence-corrected chi connectivity index (χ0v) is 17.8. The first-order valence-corrected chi connectivity index (χ1v) is 10.6. The van der Waals surface area contributed by atoms with Gasteiger partial charge in [-0.3, -0.25) is 9.47 Å². The Balaban J connectivity index is 1.52. The summed E-state index contributed by atoms with van der Waals surface area (Å²) in [6.07, 6.45) is 6.81. The molecule has 1 aliphatic rings. The third-order valence-corrected chi connectivity index (χ3v) is 5.95. The number of halogens is 1. The Labute approximate surface area is 177 Å². The Hall–Kier alpha value is -2.43. The van der Waals surface area contributed by atoms with E-state index in [1.807, 2.05) is 25.1 Å². The molecule has 1 heterocycles. The van der Waals surface area contributed by atoms with Crippen LogP contribution in [0, 0.1) is 6.92 Å². The monoisotopic (exact) mass is 406 g/mol. The summed E-state index contributed by atoms with van der Waals surface area (Å²) in [5.41, 5.74) is 3.73. The minimum absolute atomic E-state index is 0.423. The van der Waals surface area contributed by atoms with Crippen LogP contribution in [0.4, 0.5) is 0 Å². The highest BCUT2D eigenvalue weighted by Crippen LogP contribution is 2.29. The summed E-state index contributed by atoms with van der Waals surface area (Å²) in [6.45, 7) is 3.03. The van der Waals surface area contributed by atoms with Crippen LogP contribution in [-0.2, 0) is 6.42 Å². The van der Waals surface area contributed by atoms with Gasteiger partial charge in [-0.2, -0.15) is 0 Å². The molecule has 0 saturated carbocycles. The zero-order valence-electron chi connectivity index (χ0n) is 17.1. The van der Waals surface area contributed by atoms with Crippen LogP contribution >= 0.6 is 11.6 Å². The molecule has 0 amide bonds. The number of allylic oxidation sites excluding steroid dienone is 1. The number of benzene rings is 2. The predicted octanol–water partition coefficient (Wildman–Crippen LogP) is 5.34. The molecule has 4 nitrogen and oxygen atoms in total. The van der Waals surface area contributed by atoms with E-state index in [1.54, 1.807) is 0 Å². The molecule has 2 aromatic carbocycles. The summed E-state index contributed by atoms with van der Waals surface area (Å²) in [5.74, 6) is 1.90. The van der Waals surface area contributed by atoms with Crippen molar-refractivity contribution < 1.29 is 0 Å². The zero-order chi connectivity index (χ0) is 20.2. The molecule has 0 spiro atoms. The number of nitrogens with zero attached hydrogens (tertiary/aromatic N) is 4. The Bertz CT molecular complexity index is 976. The van der Waals surface area contributed by atoms with Crippen LogP contribution in [0.2, 0.25) is 5.02 Å². The molecule has 0 N–H and O–H groups in total. The molecular weight excluding hydrogens is 380 g/mol. The van der Waals surface area contributed by atoms with E-state index in [0.717, 1.165) is 41.7 Å². The summed E-state index contributed by atoms with van der Waals surface area (Å²) in [4.78, 5) is 2.45. The Morgan fingerprint density at radius 2 is 1.83 bits per heavy atom. The van der Waals surface area contributed by atoms with E-state index >= 15 is 0 Å². The predicted molar refractivity (Wildman–Crippen MR) is 119 cm³/mol. The highest BCUT2D eigenvalue weighted by atomic mass is 35.5. The third kappa shape index (κ3) is 4.60. The molecule has 0 fully saturated rings. The molecule has 1 aliphatic carbocycles. The van der Waals surface area contributed by atoms with Gasteiger partial charge >= 0.3 is 0 Å². The maximum atomic E-state index is 6.00. The van der Waals surface area contributed by atoms with E-state index in [0.29, 0.717) is 6.04 Å². The highest BCUT2D eigenvalue weighted by molar-refractivity contribution is 6.30. The average molecular weight is 407 g/mol. The van der Waals surface area contributed by atoms with Gasteiger partial charge in [0.05, 0.1) is 0 Å². The Morgan fingerprint density at radius 1 is 1.07 bits per heavy atom. The van der Waals surface area contributed by atoms with Crippen LogP contribution in [-0.4, -0.2) is 39.3 Å². The Morgan fingerprint density at radius 3 is 2.59 bits per heavy atom. The number of para-hydroxylation sites is 1. The van der Waals surface area contributed by atoms with Crippen molar-refractivity contribution >= 4 is 17.2 Å². The topological polar surface area (TPSA) is 34.0 Å². The highest BCUT2D eigenvalue weighted by Gasteiger charge is 2.22. The van der Waals surface area contributed by atoms with E-state index in [9.17, 15) is 0 Å². The lowest BCUT2D eigenvalue weighted by atomic mass is 9.94. The molecule has 0 saturated heterocycles. The summed E-state index contributed by atoms with van der Waals surface area (Å²) < 4.78 is 2.17. The van der Waals surface area contributed by atoms with Crippen molar-refractivity contribution in [3.63, 3.8) is 0 Å². The fourth-order valence-electron chi connectivity index (χ4n) is 4.01. The normalized spacial score (nSPS) is 16.8. The third-order valence-electron chi connectivity index (χ3n) is 5.70. The maximum absolute atomic E-state index is 6.00. The van der Waals surface area contributed by atoms with Gasteiger partial charge in [0.25, 0.3) is 0 Å². The standard InChI is InChI=1S/C24H27ClN4/c1-18-26-27-24(29(18)22-8-4-3-5-9-22)20-7-6-10-23(17-20)28(2)16-15-19-11-13-21(25)14-12-19/h3-5,8-9,11-14,17,23H,6-7,10,15-16H2,1-2H3. The van der Waals surface area contributed by atoms with Crippen LogP contribution in [0.15, 0.2) is 60.7 Å². The van der Waals surface area contributed by atoms with Crippen LogP contribution in [0.3, 0.4) is 0 Å². The van der Waals surface area contributed by atoms with Gasteiger partial charge in [-0.15, -0.1) is 10.2 Å². The SMILES string of the molecule is Cc1nnc(C2=CC(N(C)CCc3ccc(Cl)cc3)CCC2)n1-c1ccccc1. The van der Waals surface area contributed by atoms with Gasteiger partial charge in [0.1, 0.15) is 5.82 Å². The molecule has 0 bridgehead atoms. The second kappa shape index (κ2) is 8.93. The van der Waals surface area contributed by atoms with Crippen LogP contribution < -0.4 is 0 Å². The maximum Gasteiger partial charge on any atom is 0.164 e. The van der Waals surface area contributed by atoms with E-state index in [2.05, 4.69) is 69.2 Å². The van der Waals surface area contributed by atoms with Gasteiger partial charge in [-0.05, 0) is 75.1 Å². The number of likely N-dealkylation sites (N-methyl/N-ethyl adjacent to an activating group) is 1. The quantitative estimate of drug-likeness (QED) is 0.554. The first-order valence-electron chi connectivity index (χ1n) is 10.2. The van der Waals surface area contributed by atoms with Crippen molar-refractivity contribution in [1.29, 1.82) is 0 Å². The number of aromatic nitrogens is 3. The molecule has 1 atom stereocenters. The lowest BCUT2D eigenvalue weighted by Gasteiger charge is -2.29. The van der Waals surface area contributed by atoms with Gasteiger partial charge < -0.3 is 0 Å². The number of hydrogen-bond acceptors (Lipinski definition) is 3. The smallest absolute Gasteiger partial charge is 0.164 e. The number of hydrogen-bond donors (Lipinski definition) is 0. The van der Waals surface area contributed by atoms with Crippen LogP contribution in [0.1, 0.15) is 36.5 Å². The van der Waals surface area contributed by atoms with Gasteiger partial charge in [-0.25, -0.2) is 0 Å². The van der Waals surface area contributed by atoms with Crippen molar-refractivity contribution in [3.8, 4) is 5.69 Å². The molecule has 1 unspecified atom stereocenters. The summed E-state index contributed by atoms with van der Waals surface area (Å²) in [5, 5.41) is 9.69. The summed E-state index contributed by atoms with van der Waals surface area (Å²) in [7, 11) is 2.22. The minimum Gasteiger partial charge on any atom is -0.300 e. The molecule has 29 heavy (non-hydrogen) atoms. The van der Waals surface area contributed by atoms with E-state index in [-0.39, 0.29) is 0 Å². The lowest BCUT2D eigenvalue weighted by molar-refractivity contribution is 0.266. The summed E-state index contributed by atoms with van der Waals surface area (Å²) in [6, 6.07) is 19.0. The van der Waals surface area contributed by atoms with Crippen molar-refractivity contribution in [2.45, 2.75) is 38.6 Å². The molecule has 0 radical (unpaired) electrons. The van der Waals surface area contributed by atoms with Gasteiger partial charge in [0.2, 0.25) is 0 Å². The molecule has 1 aromatic heterocycles. The largest absolute Gasteiger partial charge is 0.300 e. The van der Waals surface area contributed by atoms with Gasteiger partial charge in [-0.1, -0.05) is 48.0 Å². The van der Waals surface area contributed by atoms with Crippen molar-refractivity contribution in [1.82, 2.24) is 19.7 Å². The van der Waals surface area contributed by atoms with Crippen molar-refractivity contribution in [2.24, 2.45) is 0 Å². The first-order chi connectivity index (χ1) is 14.1. The molecular formula is C24H27ClN4. The fraction of sp³-hybridized carbons (Fsp3) is 0.333. The van der Waals surface area contributed by atoms with E-state index in [4.69, 9.17) is 11.6 Å². The molecule has 4 rings (SSSR count). The minimum atomic E-state index is 0.423. The van der Waals surface area contributed by atoms with E-state index < -0.39 is 0 Å². The molecule has 5 heteroatoms. The van der Waals surface area contributed by atoms with Crippen molar-refractivity contribution in [2.75, 3.05) is 13.6 Å². The number of rotatable bonds is 6. The first kappa shape index (κ1) is 19.9. The molecule has 3 aromatic rings. The molecule has 150 valence electrons. The van der Waals surface area contributed by atoms with Gasteiger partial charge in [0.15, 0.2) is 5.82 Å². The second-order valence-corrected chi connectivity index (χ2v) is 8.19. The Kier molecular flexibility index (Phi) is 6.12. The second-order valence-electron chi connectivity index (χ2n) is 7.75. The average Bonchev–Trinajstić information content (AvgIpc) is 3.15. The lowest BCUT2D eigenvalue weighted by Crippen LogP contribution is -2.33. The van der Waals surface area contributed by atoms with E-state index in [1.165, 1.54) is 24.0 Å². The van der Waals surface area contributed by atoms with Crippen molar-refractivity contribution in [3.05, 3.63) is 82.9 Å². The summed E-state index contributed by atoms with van der Waals surface area (Å²) >= 11 is 6.00. The fourth-order valence-corrected chi connectivity index (χ4v) is 4.14. The number of aryl methyl sites for hydroxylation is 1. The van der Waals surface area contributed by atoms with Crippen LogP contribution in [0.5, 0.6) is 0 Å². The van der Waals surface area contributed by atoms with Gasteiger partial charge in [0, 0.05) is 23.3 Å². The van der Waals surface area contributed by atoms with Crippen LogP contribution in [0.25, 0.3) is 11.3 Å². The molecule has 0 aliphatic heterocycles.